The third kappa shape index (κ3) is 4.65. The fourth-order valence-electron chi connectivity index (χ4n) is 5.82. The molecule has 3 aromatic carbocycles. The molecule has 1 aliphatic carbocycles. The standard InChI is InChI=1S/C31H26Cl2N2O4/c32-21-3-1-2-20(15-21)25-17-28(37)35-29(31(25)24-10-9-22(33)16-26(24)34-30(31)38)23-14-19(7-6-18-4-5-18)8-11-27(23)39-13-12-36/h1-3,8-11,14-16,18,25,29,36H,4-5,12-13,17H2,(H,34,38)(H,35,37)/t25-,29+,31-/m0/s1. The maximum Gasteiger partial charge on any atom is 0.238 e. The van der Waals surface area contributed by atoms with E-state index in [0.717, 1.165) is 29.5 Å². The van der Waals surface area contributed by atoms with Crippen LogP contribution >= 0.6 is 23.2 Å². The predicted octanol–water partition coefficient (Wildman–Crippen LogP) is 5.36. The summed E-state index contributed by atoms with van der Waals surface area (Å²) >= 11 is 12.7. The number of hydrogen-bond acceptors (Lipinski definition) is 4. The second-order valence-electron chi connectivity index (χ2n) is 10.2. The van der Waals surface area contributed by atoms with Crippen molar-refractivity contribution >= 4 is 40.7 Å². The molecule has 39 heavy (non-hydrogen) atoms. The largest absolute Gasteiger partial charge is 0.491 e. The van der Waals surface area contributed by atoms with Crippen molar-refractivity contribution < 1.29 is 19.4 Å². The number of aliphatic hydroxyl groups excluding tert-OH is 1. The third-order valence-corrected chi connectivity index (χ3v) is 8.14. The highest BCUT2D eigenvalue weighted by Crippen LogP contribution is 2.58. The minimum absolute atomic E-state index is 0.0594. The van der Waals surface area contributed by atoms with E-state index >= 15 is 0 Å². The van der Waals surface area contributed by atoms with E-state index in [-0.39, 0.29) is 31.4 Å². The molecule has 198 valence electrons. The Labute approximate surface area is 236 Å². The number of hydrogen-bond donors (Lipinski definition) is 3. The van der Waals surface area contributed by atoms with Gasteiger partial charge in [-0.25, -0.2) is 0 Å². The molecular formula is C31H26Cl2N2O4. The normalized spacial score (nSPS) is 23.5. The first-order valence-corrected chi connectivity index (χ1v) is 13.7. The zero-order chi connectivity index (χ0) is 27.1. The molecule has 0 aromatic heterocycles. The van der Waals surface area contributed by atoms with E-state index in [2.05, 4.69) is 22.5 Å². The minimum atomic E-state index is -1.24. The summed E-state index contributed by atoms with van der Waals surface area (Å²) in [6.07, 6.45) is 2.28. The van der Waals surface area contributed by atoms with Crippen LogP contribution in [0.1, 0.15) is 53.5 Å². The van der Waals surface area contributed by atoms with Crippen molar-refractivity contribution in [1.82, 2.24) is 5.32 Å². The van der Waals surface area contributed by atoms with Crippen LogP contribution < -0.4 is 15.4 Å². The molecule has 0 unspecified atom stereocenters. The highest BCUT2D eigenvalue weighted by Gasteiger charge is 2.61. The fraction of sp³-hybridized carbons (Fsp3) is 0.290. The number of benzene rings is 3. The Hall–Kier alpha value is -3.50. The average molecular weight is 561 g/mol. The molecule has 2 aliphatic heterocycles. The van der Waals surface area contributed by atoms with Gasteiger partial charge in [0.2, 0.25) is 11.8 Å². The Bertz CT molecular complexity index is 1540. The number of rotatable bonds is 5. The molecule has 6 nitrogen and oxygen atoms in total. The molecule has 3 N–H and O–H groups in total. The molecule has 0 bridgehead atoms. The summed E-state index contributed by atoms with van der Waals surface area (Å²) in [5, 5.41) is 16.7. The number of halogens is 2. The van der Waals surface area contributed by atoms with Gasteiger partial charge in [0.1, 0.15) is 17.8 Å². The maximum absolute atomic E-state index is 14.3. The lowest BCUT2D eigenvalue weighted by Gasteiger charge is -2.46. The van der Waals surface area contributed by atoms with Gasteiger partial charge in [-0.15, -0.1) is 0 Å². The van der Waals surface area contributed by atoms with Crippen LogP contribution in [0.2, 0.25) is 10.0 Å². The fourth-order valence-corrected chi connectivity index (χ4v) is 6.19. The van der Waals surface area contributed by atoms with Crippen LogP contribution in [0.4, 0.5) is 5.69 Å². The van der Waals surface area contributed by atoms with Crippen LogP contribution in [0.25, 0.3) is 0 Å². The molecular weight excluding hydrogens is 535 g/mol. The van der Waals surface area contributed by atoms with E-state index in [1.54, 1.807) is 24.3 Å². The molecule has 1 spiro atoms. The van der Waals surface area contributed by atoms with Crippen LogP contribution in [-0.2, 0) is 15.0 Å². The van der Waals surface area contributed by atoms with Crippen molar-refractivity contribution in [3.8, 4) is 17.6 Å². The molecule has 2 amide bonds. The Balaban J connectivity index is 1.60. The van der Waals surface area contributed by atoms with Crippen LogP contribution in [0.5, 0.6) is 5.75 Å². The first kappa shape index (κ1) is 25.8. The Morgan fingerprint density at radius 1 is 1.03 bits per heavy atom. The lowest BCUT2D eigenvalue weighted by molar-refractivity contribution is -0.131. The smallest absolute Gasteiger partial charge is 0.238 e. The van der Waals surface area contributed by atoms with Gasteiger partial charge in [-0.1, -0.05) is 53.2 Å². The van der Waals surface area contributed by atoms with Gasteiger partial charge < -0.3 is 20.5 Å². The van der Waals surface area contributed by atoms with Crippen LogP contribution in [0.15, 0.2) is 60.7 Å². The SMILES string of the molecule is O=C1C[C@@H](c2cccc(Cl)c2)[C@]2(C(=O)Nc3cc(Cl)ccc32)[C@@H](c2cc(C#CC3CC3)ccc2OCCO)N1. The van der Waals surface area contributed by atoms with Crippen molar-refractivity contribution in [3.63, 3.8) is 0 Å². The third-order valence-electron chi connectivity index (χ3n) is 7.67. The van der Waals surface area contributed by atoms with E-state index in [1.807, 2.05) is 36.4 Å². The van der Waals surface area contributed by atoms with E-state index in [9.17, 15) is 14.7 Å². The summed E-state index contributed by atoms with van der Waals surface area (Å²) in [5.41, 5.74) is 2.25. The molecule has 6 rings (SSSR count). The van der Waals surface area contributed by atoms with Gasteiger partial charge in [0.05, 0.1) is 12.6 Å². The van der Waals surface area contributed by atoms with Gasteiger partial charge in [-0.2, -0.15) is 0 Å². The van der Waals surface area contributed by atoms with Crippen molar-refractivity contribution in [2.75, 3.05) is 18.5 Å². The van der Waals surface area contributed by atoms with E-state index < -0.39 is 17.4 Å². The second-order valence-corrected chi connectivity index (χ2v) is 11.1. The molecule has 3 aliphatic rings. The average Bonchev–Trinajstić information content (AvgIpc) is 3.71. The number of ether oxygens (including phenoxy) is 1. The molecule has 2 fully saturated rings. The zero-order valence-electron chi connectivity index (χ0n) is 21.0. The number of aliphatic hydroxyl groups is 1. The first-order chi connectivity index (χ1) is 18.9. The first-order valence-electron chi connectivity index (χ1n) is 13.0. The van der Waals surface area contributed by atoms with Gasteiger partial charge in [0, 0.05) is 45.1 Å². The maximum atomic E-state index is 14.3. The van der Waals surface area contributed by atoms with Crippen molar-refractivity contribution in [1.29, 1.82) is 0 Å². The molecule has 3 aromatic rings. The number of fused-ring (bicyclic) bond motifs is 2. The van der Waals surface area contributed by atoms with E-state index in [0.29, 0.717) is 33.0 Å². The summed E-state index contributed by atoms with van der Waals surface area (Å²) in [6.45, 7) is -0.123. The zero-order valence-corrected chi connectivity index (χ0v) is 22.5. The minimum Gasteiger partial charge on any atom is -0.491 e. The number of amides is 2. The van der Waals surface area contributed by atoms with Crippen molar-refractivity contribution in [2.24, 2.45) is 5.92 Å². The predicted molar refractivity (Wildman–Crippen MR) is 150 cm³/mol. The summed E-state index contributed by atoms with van der Waals surface area (Å²) in [6, 6.07) is 17.4. The number of carbonyl (C=O) groups excluding carboxylic acids is 2. The summed E-state index contributed by atoms with van der Waals surface area (Å²) in [5.74, 6) is 6.41. The van der Waals surface area contributed by atoms with E-state index in [4.69, 9.17) is 27.9 Å². The van der Waals surface area contributed by atoms with E-state index in [1.165, 1.54) is 0 Å². The Morgan fingerprint density at radius 3 is 2.62 bits per heavy atom. The summed E-state index contributed by atoms with van der Waals surface area (Å²) < 4.78 is 5.95. The van der Waals surface area contributed by atoms with Crippen LogP contribution in [0.3, 0.4) is 0 Å². The van der Waals surface area contributed by atoms with Crippen molar-refractivity contribution in [3.05, 3.63) is 93.0 Å². The Morgan fingerprint density at radius 2 is 1.85 bits per heavy atom. The molecule has 1 saturated heterocycles. The molecule has 3 atom stereocenters. The van der Waals surface area contributed by atoms with Gasteiger partial charge in [-0.05, 0) is 66.4 Å². The number of piperidine rings is 1. The lowest BCUT2D eigenvalue weighted by Crippen LogP contribution is -2.57. The van der Waals surface area contributed by atoms with Gasteiger partial charge >= 0.3 is 0 Å². The lowest BCUT2D eigenvalue weighted by atomic mass is 9.59. The summed E-state index contributed by atoms with van der Waals surface area (Å²) in [4.78, 5) is 27.6. The highest BCUT2D eigenvalue weighted by molar-refractivity contribution is 6.31. The van der Waals surface area contributed by atoms with Crippen LogP contribution in [-0.4, -0.2) is 30.1 Å². The topological polar surface area (TPSA) is 87.7 Å². The molecule has 8 heteroatoms. The Kier molecular flexibility index (Phi) is 6.76. The number of nitrogens with one attached hydrogen (secondary N) is 2. The van der Waals surface area contributed by atoms with Gasteiger partial charge in [0.25, 0.3) is 0 Å². The monoisotopic (exact) mass is 560 g/mol. The molecule has 0 radical (unpaired) electrons. The van der Waals surface area contributed by atoms with Crippen LogP contribution in [0, 0.1) is 17.8 Å². The summed E-state index contributed by atoms with van der Waals surface area (Å²) in [7, 11) is 0. The van der Waals surface area contributed by atoms with Gasteiger partial charge in [0.15, 0.2) is 0 Å². The highest BCUT2D eigenvalue weighted by atomic mass is 35.5. The quantitative estimate of drug-likeness (QED) is 0.366. The number of anilines is 1. The molecule has 1 saturated carbocycles. The number of carbonyl (C=O) groups is 2. The molecule has 2 heterocycles. The second kappa shape index (κ2) is 10.2. The van der Waals surface area contributed by atoms with Crippen molar-refractivity contribution in [2.45, 2.75) is 36.6 Å². The van der Waals surface area contributed by atoms with Gasteiger partial charge in [-0.3, -0.25) is 9.59 Å².